The Balaban J connectivity index is 1.41. The van der Waals surface area contributed by atoms with Crippen LogP contribution in [0.1, 0.15) is 23.7 Å². The summed E-state index contributed by atoms with van der Waals surface area (Å²) in [5, 5.41) is 10.9. The molecule has 38 heavy (non-hydrogen) atoms. The van der Waals surface area contributed by atoms with Crippen LogP contribution in [-0.4, -0.2) is 65.6 Å². The van der Waals surface area contributed by atoms with Crippen molar-refractivity contribution in [1.29, 1.82) is 0 Å². The number of hydrogen-bond acceptors (Lipinski definition) is 7. The van der Waals surface area contributed by atoms with Gasteiger partial charge in [-0.2, -0.15) is 10.2 Å². The zero-order valence-electron chi connectivity index (χ0n) is 20.7. The SMILES string of the molecule is CC(=O)c1cn(CC(=O)N2CC(F)CC2C(=O)Nc2ccnc(=O)n2C)c2ccc(-c3ccnnc3)cc12. The topological polar surface area (TPSA) is 132 Å². The summed E-state index contributed by atoms with van der Waals surface area (Å²) in [4.78, 5) is 55.3. The maximum Gasteiger partial charge on any atom is 0.348 e. The van der Waals surface area contributed by atoms with E-state index in [1.807, 2.05) is 12.1 Å². The highest BCUT2D eigenvalue weighted by Crippen LogP contribution is 2.29. The van der Waals surface area contributed by atoms with E-state index in [2.05, 4.69) is 20.5 Å². The largest absolute Gasteiger partial charge is 0.348 e. The molecule has 5 rings (SSSR count). The van der Waals surface area contributed by atoms with Crippen LogP contribution in [0.2, 0.25) is 0 Å². The number of carbonyl (C=O) groups excluding carboxylic acids is 3. The normalized spacial score (nSPS) is 17.1. The summed E-state index contributed by atoms with van der Waals surface area (Å²) in [6, 6.07) is 7.71. The third-order valence-corrected chi connectivity index (χ3v) is 6.67. The number of likely N-dealkylation sites (tertiary alicyclic amines) is 1. The molecular weight excluding hydrogens is 493 g/mol. The molecule has 2 amide bonds. The minimum absolute atomic E-state index is 0.162. The molecule has 1 aromatic carbocycles. The van der Waals surface area contributed by atoms with Crippen molar-refractivity contribution in [2.45, 2.75) is 32.1 Å². The van der Waals surface area contributed by atoms with Crippen LogP contribution in [0.5, 0.6) is 0 Å². The number of Topliss-reactive ketones (excluding diaryl/α,β-unsaturated/α-hetero) is 1. The second kappa shape index (κ2) is 9.96. The lowest BCUT2D eigenvalue weighted by Crippen LogP contribution is -2.45. The summed E-state index contributed by atoms with van der Waals surface area (Å²) >= 11 is 0. The number of aromatic nitrogens is 5. The zero-order chi connectivity index (χ0) is 27.0. The van der Waals surface area contributed by atoms with Crippen molar-refractivity contribution in [3.05, 3.63) is 71.2 Å². The summed E-state index contributed by atoms with van der Waals surface area (Å²) in [6.45, 7) is 1.02. The molecule has 1 saturated heterocycles. The van der Waals surface area contributed by atoms with E-state index in [9.17, 15) is 23.6 Å². The number of hydrogen-bond donors (Lipinski definition) is 1. The van der Waals surface area contributed by atoms with Gasteiger partial charge < -0.3 is 14.8 Å². The maximum atomic E-state index is 14.4. The lowest BCUT2D eigenvalue weighted by Gasteiger charge is -2.24. The Morgan fingerprint density at radius 3 is 2.66 bits per heavy atom. The molecule has 2 unspecified atom stereocenters. The summed E-state index contributed by atoms with van der Waals surface area (Å²) in [7, 11) is 1.45. The molecule has 4 aromatic rings. The monoisotopic (exact) mass is 517 g/mol. The molecule has 0 bridgehead atoms. The van der Waals surface area contributed by atoms with Gasteiger partial charge in [0.2, 0.25) is 11.8 Å². The lowest BCUT2D eigenvalue weighted by atomic mass is 10.0. The van der Waals surface area contributed by atoms with Gasteiger partial charge in [-0.15, -0.1) is 0 Å². The van der Waals surface area contributed by atoms with Gasteiger partial charge in [0.05, 0.1) is 18.9 Å². The number of carbonyl (C=O) groups is 3. The first-order valence-corrected chi connectivity index (χ1v) is 11.9. The predicted molar refractivity (Wildman–Crippen MR) is 136 cm³/mol. The third-order valence-electron chi connectivity index (χ3n) is 6.67. The fourth-order valence-electron chi connectivity index (χ4n) is 4.70. The van der Waals surface area contributed by atoms with Crippen LogP contribution in [0, 0.1) is 0 Å². The van der Waals surface area contributed by atoms with Crippen LogP contribution in [0.3, 0.4) is 0 Å². The highest BCUT2D eigenvalue weighted by atomic mass is 19.1. The molecule has 2 atom stereocenters. The Morgan fingerprint density at radius 1 is 1.11 bits per heavy atom. The van der Waals surface area contributed by atoms with Crippen LogP contribution in [0.4, 0.5) is 10.2 Å². The van der Waals surface area contributed by atoms with Gasteiger partial charge in [-0.3, -0.25) is 19.0 Å². The van der Waals surface area contributed by atoms with Crippen molar-refractivity contribution < 1.29 is 18.8 Å². The number of halogens is 1. The molecular formula is C26H24FN7O4. The number of anilines is 1. The van der Waals surface area contributed by atoms with E-state index in [0.29, 0.717) is 16.5 Å². The number of amides is 2. The molecule has 1 fully saturated rings. The van der Waals surface area contributed by atoms with Crippen molar-refractivity contribution in [2.75, 3.05) is 11.9 Å². The number of benzene rings is 1. The molecule has 0 spiro atoms. The van der Waals surface area contributed by atoms with Crippen LogP contribution in [-0.2, 0) is 23.2 Å². The van der Waals surface area contributed by atoms with Gasteiger partial charge >= 0.3 is 5.69 Å². The highest BCUT2D eigenvalue weighted by Gasteiger charge is 2.40. The standard InChI is InChI=1S/C26H24FN7O4/c1-15(35)20-13-33(21-4-3-16(9-19(20)21)17-5-8-29-30-11-17)14-24(36)34-12-18(27)10-22(34)25(37)31-23-6-7-28-26(38)32(23)2/h3-9,11,13,18,22H,10,12,14H2,1-2H3,(H,31,37). The first-order valence-electron chi connectivity index (χ1n) is 11.9. The first-order chi connectivity index (χ1) is 18.2. The molecule has 0 saturated carbocycles. The molecule has 1 aliphatic rings. The summed E-state index contributed by atoms with van der Waals surface area (Å²) < 4.78 is 17.2. The van der Waals surface area contributed by atoms with E-state index in [4.69, 9.17) is 0 Å². The van der Waals surface area contributed by atoms with Crippen molar-refractivity contribution in [3.63, 3.8) is 0 Å². The minimum atomic E-state index is -1.37. The summed E-state index contributed by atoms with van der Waals surface area (Å²) in [5.74, 6) is -1.05. The van der Waals surface area contributed by atoms with Crippen LogP contribution >= 0.6 is 0 Å². The molecule has 1 aliphatic heterocycles. The molecule has 12 heteroatoms. The number of fused-ring (bicyclic) bond motifs is 1. The Morgan fingerprint density at radius 2 is 1.92 bits per heavy atom. The number of rotatable bonds is 6. The smallest absolute Gasteiger partial charge is 0.337 e. The highest BCUT2D eigenvalue weighted by molar-refractivity contribution is 6.08. The number of nitrogens with one attached hydrogen (secondary N) is 1. The lowest BCUT2D eigenvalue weighted by molar-refractivity contribution is -0.137. The molecule has 194 valence electrons. The Bertz CT molecular complexity index is 1620. The molecule has 0 radical (unpaired) electrons. The van der Waals surface area contributed by atoms with E-state index in [1.54, 1.807) is 35.3 Å². The fourth-order valence-corrected chi connectivity index (χ4v) is 4.70. The Hall–Kier alpha value is -4.74. The molecule has 1 N–H and O–H groups in total. The third kappa shape index (κ3) is 4.67. The van der Waals surface area contributed by atoms with Gasteiger partial charge in [0.1, 0.15) is 24.6 Å². The second-order valence-electron chi connectivity index (χ2n) is 9.15. The van der Waals surface area contributed by atoms with Gasteiger partial charge in [-0.05, 0) is 36.8 Å². The summed E-state index contributed by atoms with van der Waals surface area (Å²) in [6.07, 6.45) is 4.51. The van der Waals surface area contributed by atoms with Crippen molar-refractivity contribution in [2.24, 2.45) is 7.05 Å². The Labute approximate surface area is 215 Å². The van der Waals surface area contributed by atoms with Crippen LogP contribution in [0.15, 0.2) is 59.9 Å². The predicted octanol–water partition coefficient (Wildman–Crippen LogP) is 1.97. The maximum absolute atomic E-state index is 14.4. The van der Waals surface area contributed by atoms with Gasteiger partial charge in [0, 0.05) is 47.9 Å². The van der Waals surface area contributed by atoms with Crippen LogP contribution in [0.25, 0.3) is 22.0 Å². The van der Waals surface area contributed by atoms with Crippen molar-refractivity contribution >= 4 is 34.3 Å². The fraction of sp³-hybridized carbons (Fsp3) is 0.269. The zero-order valence-corrected chi connectivity index (χ0v) is 20.7. The van der Waals surface area contributed by atoms with Crippen LogP contribution < -0.4 is 11.0 Å². The molecule has 0 aliphatic carbocycles. The quantitative estimate of drug-likeness (QED) is 0.387. The van der Waals surface area contributed by atoms with Gasteiger partial charge in [-0.25, -0.2) is 14.2 Å². The summed E-state index contributed by atoms with van der Waals surface area (Å²) in [5.41, 5.74) is 2.19. The average Bonchev–Trinajstić information content (AvgIpc) is 3.48. The second-order valence-corrected chi connectivity index (χ2v) is 9.15. The van der Waals surface area contributed by atoms with Crippen molar-refractivity contribution in [3.8, 4) is 11.1 Å². The molecule has 4 heterocycles. The Kier molecular flexibility index (Phi) is 6.53. The first kappa shape index (κ1) is 24.9. The van der Waals surface area contributed by atoms with E-state index >= 15 is 0 Å². The molecule has 11 nitrogen and oxygen atoms in total. The van der Waals surface area contributed by atoms with E-state index in [-0.39, 0.29) is 31.1 Å². The molecule has 3 aromatic heterocycles. The average molecular weight is 518 g/mol. The van der Waals surface area contributed by atoms with Gasteiger partial charge in [0.15, 0.2) is 5.78 Å². The van der Waals surface area contributed by atoms with E-state index < -0.39 is 29.7 Å². The van der Waals surface area contributed by atoms with Gasteiger partial charge in [0.25, 0.3) is 0 Å². The number of alkyl halides is 1. The minimum Gasteiger partial charge on any atom is -0.337 e. The van der Waals surface area contributed by atoms with E-state index in [0.717, 1.165) is 15.7 Å². The van der Waals surface area contributed by atoms with Crippen molar-refractivity contribution in [1.82, 2.24) is 29.2 Å². The number of ketones is 1. The van der Waals surface area contributed by atoms with Gasteiger partial charge in [-0.1, -0.05) is 6.07 Å². The number of nitrogens with zero attached hydrogens (tertiary/aromatic N) is 6. The van der Waals surface area contributed by atoms with E-state index in [1.165, 1.54) is 31.1 Å².